The molecule has 2 atom stereocenters. The van der Waals surface area contributed by atoms with Crippen molar-refractivity contribution < 1.29 is 33.8 Å². The van der Waals surface area contributed by atoms with Gasteiger partial charge in [-0.15, -0.1) is 0 Å². The first kappa shape index (κ1) is 27.1. The molecule has 0 aromatic rings. The summed E-state index contributed by atoms with van der Waals surface area (Å²) in [5.41, 5.74) is 5.17. The van der Waals surface area contributed by atoms with Crippen molar-refractivity contribution in [3.63, 3.8) is 0 Å². The van der Waals surface area contributed by atoms with Crippen LogP contribution in [0.25, 0.3) is 0 Å². The number of hydrogen-bond acceptors (Lipinski definition) is 7. The van der Waals surface area contributed by atoms with Crippen LogP contribution in [0.3, 0.4) is 0 Å². The molecule has 0 aliphatic carbocycles. The van der Waals surface area contributed by atoms with Gasteiger partial charge in [0.2, 0.25) is 5.91 Å². The minimum Gasteiger partial charge on any atom is -0.481 e. The van der Waals surface area contributed by atoms with Crippen LogP contribution in [0.15, 0.2) is 0 Å². The Labute approximate surface area is 173 Å². The number of rotatable bonds is 12. The van der Waals surface area contributed by atoms with Crippen molar-refractivity contribution in [1.82, 2.24) is 5.32 Å². The summed E-state index contributed by atoms with van der Waals surface area (Å²) < 4.78 is 10.4. The number of amides is 1. The fourth-order valence-electron chi connectivity index (χ4n) is 2.15. The van der Waals surface area contributed by atoms with E-state index in [1.54, 1.807) is 20.8 Å². The molecule has 4 N–H and O–H groups in total. The van der Waals surface area contributed by atoms with Crippen molar-refractivity contribution in [2.24, 2.45) is 5.73 Å². The van der Waals surface area contributed by atoms with Crippen molar-refractivity contribution in [3.8, 4) is 0 Å². The van der Waals surface area contributed by atoms with Crippen LogP contribution < -0.4 is 11.1 Å². The van der Waals surface area contributed by atoms with Gasteiger partial charge < -0.3 is 25.6 Å². The standard InChI is InChI=1S/C19H36N2O7Si/c1-19(2,3)28-16(24)10-7-13(20)17(25)21-14(8-9-15(22)23)18(26)27-11-12-29(4,5)6/h13-14H,7-12,20H2,1-6H3,(H,21,25)(H,22,23)/t13-,14-/m0/s1. The molecule has 168 valence electrons. The lowest BCUT2D eigenvalue weighted by Gasteiger charge is -2.22. The monoisotopic (exact) mass is 432 g/mol. The number of esters is 2. The van der Waals surface area contributed by atoms with E-state index in [2.05, 4.69) is 25.0 Å². The van der Waals surface area contributed by atoms with Crippen molar-refractivity contribution >= 4 is 31.9 Å². The Bertz CT molecular complexity index is 582. The lowest BCUT2D eigenvalue weighted by Crippen LogP contribution is -2.49. The van der Waals surface area contributed by atoms with Crippen molar-refractivity contribution in [3.05, 3.63) is 0 Å². The van der Waals surface area contributed by atoms with E-state index in [4.69, 9.17) is 20.3 Å². The normalized spacial score (nSPS) is 13.9. The Morgan fingerprint density at radius 2 is 1.66 bits per heavy atom. The number of hydrogen-bond donors (Lipinski definition) is 3. The Morgan fingerprint density at radius 3 is 2.14 bits per heavy atom. The minimum absolute atomic E-state index is 0.0388. The number of carboxylic acid groups (broad SMARTS) is 1. The van der Waals surface area contributed by atoms with Crippen LogP contribution in [0.1, 0.15) is 46.5 Å². The number of nitrogens with two attached hydrogens (primary N) is 1. The summed E-state index contributed by atoms with van der Waals surface area (Å²) in [6.45, 7) is 11.8. The molecule has 1 amide bonds. The third-order valence-electron chi connectivity index (χ3n) is 3.76. The van der Waals surface area contributed by atoms with Gasteiger partial charge in [-0.2, -0.15) is 0 Å². The van der Waals surface area contributed by atoms with E-state index in [0.29, 0.717) is 0 Å². The molecule has 0 fully saturated rings. The third kappa shape index (κ3) is 14.7. The Morgan fingerprint density at radius 1 is 1.07 bits per heavy atom. The zero-order valence-electron chi connectivity index (χ0n) is 18.4. The van der Waals surface area contributed by atoms with Crippen LogP contribution in [-0.2, 0) is 28.7 Å². The van der Waals surface area contributed by atoms with E-state index in [1.807, 2.05) is 0 Å². The zero-order chi connectivity index (χ0) is 22.8. The van der Waals surface area contributed by atoms with E-state index in [0.717, 1.165) is 6.04 Å². The van der Waals surface area contributed by atoms with Gasteiger partial charge in [0.1, 0.15) is 11.6 Å². The Kier molecular flexibility index (Phi) is 11.1. The number of carbonyl (C=O) groups is 4. The summed E-state index contributed by atoms with van der Waals surface area (Å²) in [4.78, 5) is 47.2. The maximum atomic E-state index is 12.3. The second kappa shape index (κ2) is 11.9. The SMILES string of the molecule is CC(C)(C)OC(=O)CC[C@H](N)C(=O)N[C@@H](CCC(=O)O)C(=O)OCC[Si](C)(C)C. The molecule has 0 heterocycles. The van der Waals surface area contributed by atoms with Gasteiger partial charge in [-0.3, -0.25) is 14.4 Å². The smallest absolute Gasteiger partial charge is 0.328 e. The summed E-state index contributed by atoms with van der Waals surface area (Å²) in [6.07, 6.45) is -0.420. The minimum atomic E-state index is -1.41. The predicted octanol–water partition coefficient (Wildman–Crippen LogP) is 1.67. The number of carboxylic acids is 1. The van der Waals surface area contributed by atoms with Crippen LogP contribution in [0.2, 0.25) is 25.7 Å². The molecule has 0 saturated heterocycles. The van der Waals surface area contributed by atoms with Crippen LogP contribution in [0, 0.1) is 0 Å². The lowest BCUT2D eigenvalue weighted by atomic mass is 10.1. The maximum absolute atomic E-state index is 12.3. The quantitative estimate of drug-likeness (QED) is 0.312. The first-order chi connectivity index (χ1) is 13.1. The average molecular weight is 433 g/mol. The zero-order valence-corrected chi connectivity index (χ0v) is 19.4. The number of aliphatic carboxylic acids is 1. The molecule has 0 spiro atoms. The second-order valence-corrected chi connectivity index (χ2v) is 14.8. The molecule has 9 nitrogen and oxygen atoms in total. The van der Waals surface area contributed by atoms with Gasteiger partial charge in [-0.25, -0.2) is 4.79 Å². The van der Waals surface area contributed by atoms with E-state index in [-0.39, 0.29) is 32.3 Å². The first-order valence-corrected chi connectivity index (χ1v) is 13.5. The summed E-state index contributed by atoms with van der Waals surface area (Å²) in [5, 5.41) is 11.3. The van der Waals surface area contributed by atoms with Gasteiger partial charge >= 0.3 is 17.9 Å². The first-order valence-electron chi connectivity index (χ1n) is 9.77. The highest BCUT2D eigenvalue weighted by Crippen LogP contribution is 2.11. The van der Waals surface area contributed by atoms with Gasteiger partial charge in [0, 0.05) is 20.9 Å². The van der Waals surface area contributed by atoms with Crippen molar-refractivity contribution in [2.75, 3.05) is 6.61 Å². The largest absolute Gasteiger partial charge is 0.481 e. The molecule has 0 bridgehead atoms. The highest BCUT2D eigenvalue weighted by Gasteiger charge is 2.27. The second-order valence-electron chi connectivity index (χ2n) is 9.20. The molecule has 0 saturated carbocycles. The molecular weight excluding hydrogens is 396 g/mol. The topological polar surface area (TPSA) is 145 Å². The molecule has 0 rings (SSSR count). The molecule has 0 aliphatic rings. The fourth-order valence-corrected chi connectivity index (χ4v) is 2.87. The predicted molar refractivity (Wildman–Crippen MR) is 111 cm³/mol. The van der Waals surface area contributed by atoms with Gasteiger partial charge in [0.25, 0.3) is 0 Å². The lowest BCUT2D eigenvalue weighted by molar-refractivity contribution is -0.155. The van der Waals surface area contributed by atoms with E-state index in [1.165, 1.54) is 0 Å². The van der Waals surface area contributed by atoms with E-state index >= 15 is 0 Å². The summed E-state index contributed by atoms with van der Waals surface area (Å²) >= 11 is 0. The van der Waals surface area contributed by atoms with Crippen molar-refractivity contribution in [2.45, 2.75) is 89.8 Å². The van der Waals surface area contributed by atoms with Crippen LogP contribution >= 0.6 is 0 Å². The number of ether oxygens (including phenoxy) is 2. The highest BCUT2D eigenvalue weighted by molar-refractivity contribution is 6.76. The number of nitrogens with one attached hydrogen (secondary N) is 1. The van der Waals surface area contributed by atoms with E-state index < -0.39 is 49.6 Å². The van der Waals surface area contributed by atoms with Gasteiger partial charge in [0.15, 0.2) is 0 Å². The maximum Gasteiger partial charge on any atom is 0.328 e. The Balaban J connectivity index is 4.73. The van der Waals surface area contributed by atoms with Crippen LogP contribution in [0.5, 0.6) is 0 Å². The van der Waals surface area contributed by atoms with Gasteiger partial charge in [-0.1, -0.05) is 19.6 Å². The van der Waals surface area contributed by atoms with Crippen molar-refractivity contribution in [1.29, 1.82) is 0 Å². The van der Waals surface area contributed by atoms with Crippen LogP contribution in [-0.4, -0.2) is 61.3 Å². The number of carbonyl (C=O) groups excluding carboxylic acids is 3. The summed E-state index contributed by atoms with van der Waals surface area (Å²) in [5.74, 6) is -2.90. The van der Waals surface area contributed by atoms with Gasteiger partial charge in [0.05, 0.1) is 12.6 Å². The summed E-state index contributed by atoms with van der Waals surface area (Å²) in [6, 6.07) is -1.38. The average Bonchev–Trinajstić information content (AvgIpc) is 2.53. The highest BCUT2D eigenvalue weighted by atomic mass is 28.3. The third-order valence-corrected chi connectivity index (χ3v) is 5.46. The van der Waals surface area contributed by atoms with Crippen LogP contribution in [0.4, 0.5) is 0 Å². The molecule has 0 radical (unpaired) electrons. The molecule has 0 aromatic heterocycles. The fraction of sp³-hybridized carbons (Fsp3) is 0.789. The molecule has 10 heteroatoms. The molecule has 0 aromatic carbocycles. The molecule has 0 aliphatic heterocycles. The molecular formula is C19H36N2O7Si. The Hall–Kier alpha value is -1.94. The molecule has 0 unspecified atom stereocenters. The van der Waals surface area contributed by atoms with Gasteiger partial charge in [-0.05, 0) is 39.7 Å². The molecule has 29 heavy (non-hydrogen) atoms. The van der Waals surface area contributed by atoms with E-state index in [9.17, 15) is 19.2 Å². The summed E-state index contributed by atoms with van der Waals surface area (Å²) in [7, 11) is -1.41.